The second-order valence-electron chi connectivity index (χ2n) is 7.45. The Balaban J connectivity index is 1.90. The topological polar surface area (TPSA) is 75.5 Å². The van der Waals surface area contributed by atoms with E-state index in [-0.39, 0.29) is 23.3 Å². The highest BCUT2D eigenvalue weighted by Crippen LogP contribution is 2.19. The largest absolute Gasteiger partial charge is 0.351 e. The van der Waals surface area contributed by atoms with E-state index in [1.165, 1.54) is 0 Å². The molecule has 2 aromatic heterocycles. The number of rotatable bonds is 6. The van der Waals surface area contributed by atoms with E-state index in [2.05, 4.69) is 29.5 Å². The number of pyridine rings is 1. The van der Waals surface area contributed by atoms with Gasteiger partial charge in [0.2, 0.25) is 5.82 Å². The molecule has 0 aliphatic heterocycles. The van der Waals surface area contributed by atoms with E-state index in [1.807, 2.05) is 44.2 Å². The molecule has 3 rings (SSSR count). The van der Waals surface area contributed by atoms with Crippen LogP contribution in [-0.2, 0) is 0 Å². The minimum atomic E-state index is -0.351. The molecule has 0 radical (unpaired) electrons. The number of hydrogen-bond acceptors (Lipinski definition) is 3. The van der Waals surface area contributed by atoms with Gasteiger partial charge in [-0.1, -0.05) is 32.0 Å². The molecule has 0 saturated carbocycles. The first-order valence-corrected chi connectivity index (χ1v) is 9.50. The first-order chi connectivity index (χ1) is 13.4. The zero-order chi connectivity index (χ0) is 20.3. The third-order valence-electron chi connectivity index (χ3n) is 4.62. The number of amides is 2. The van der Waals surface area contributed by atoms with Crippen molar-refractivity contribution in [2.75, 3.05) is 11.9 Å². The van der Waals surface area contributed by atoms with Crippen molar-refractivity contribution in [3.8, 4) is 0 Å². The van der Waals surface area contributed by atoms with E-state index in [0.29, 0.717) is 18.0 Å². The zero-order valence-electron chi connectivity index (χ0n) is 16.7. The van der Waals surface area contributed by atoms with Crippen molar-refractivity contribution in [3.63, 3.8) is 0 Å². The van der Waals surface area contributed by atoms with Crippen LogP contribution >= 0.6 is 0 Å². The van der Waals surface area contributed by atoms with E-state index in [9.17, 15) is 9.59 Å². The highest BCUT2D eigenvalue weighted by atomic mass is 16.2. The molecule has 0 spiro atoms. The number of imidazole rings is 1. The fourth-order valence-electron chi connectivity index (χ4n) is 2.97. The van der Waals surface area contributed by atoms with Crippen LogP contribution in [-0.4, -0.2) is 27.7 Å². The molecule has 146 valence electrons. The molecule has 0 aliphatic rings. The van der Waals surface area contributed by atoms with Crippen LogP contribution in [0.2, 0.25) is 0 Å². The van der Waals surface area contributed by atoms with E-state index in [0.717, 1.165) is 23.2 Å². The van der Waals surface area contributed by atoms with Gasteiger partial charge >= 0.3 is 0 Å². The fraction of sp³-hybridized carbons (Fsp3) is 0.318. The van der Waals surface area contributed by atoms with Gasteiger partial charge in [0.1, 0.15) is 0 Å². The number of benzene rings is 1. The summed E-state index contributed by atoms with van der Waals surface area (Å²) in [6, 6.07) is 11.3. The standard InChI is InChI=1S/C22H26N4O2/c1-14(2)10-11-23-21(27)19-18-7-5-6-12-26(18)20(25-19)22(28)24-17-13-15(3)8-9-16(17)4/h5-9,12-14H,10-11H2,1-4H3,(H,23,27)(H,24,28). The zero-order valence-corrected chi connectivity index (χ0v) is 16.7. The van der Waals surface area contributed by atoms with Crippen LogP contribution in [0, 0.1) is 19.8 Å². The van der Waals surface area contributed by atoms with Gasteiger partial charge in [-0.15, -0.1) is 0 Å². The van der Waals surface area contributed by atoms with Crippen LogP contribution in [0.4, 0.5) is 5.69 Å². The van der Waals surface area contributed by atoms with Crippen LogP contribution < -0.4 is 10.6 Å². The van der Waals surface area contributed by atoms with Gasteiger partial charge in [-0.25, -0.2) is 4.98 Å². The summed E-state index contributed by atoms with van der Waals surface area (Å²) >= 11 is 0. The summed E-state index contributed by atoms with van der Waals surface area (Å²) in [6.07, 6.45) is 2.63. The van der Waals surface area contributed by atoms with Gasteiger partial charge in [0.05, 0.1) is 5.52 Å². The summed E-state index contributed by atoms with van der Waals surface area (Å²) in [6.45, 7) is 8.69. The Morgan fingerprint density at radius 3 is 2.64 bits per heavy atom. The molecule has 0 aliphatic carbocycles. The third kappa shape index (κ3) is 4.22. The van der Waals surface area contributed by atoms with Crippen LogP contribution in [0.5, 0.6) is 0 Å². The number of nitrogens with zero attached hydrogens (tertiary/aromatic N) is 2. The number of aromatic nitrogens is 2. The molecular weight excluding hydrogens is 352 g/mol. The van der Waals surface area contributed by atoms with E-state index in [4.69, 9.17) is 0 Å². The number of hydrogen-bond donors (Lipinski definition) is 2. The Kier molecular flexibility index (Phi) is 5.78. The first-order valence-electron chi connectivity index (χ1n) is 9.50. The van der Waals surface area contributed by atoms with Crippen LogP contribution in [0.1, 0.15) is 52.5 Å². The van der Waals surface area contributed by atoms with Crippen LogP contribution in [0.15, 0.2) is 42.6 Å². The molecule has 0 fully saturated rings. The van der Waals surface area contributed by atoms with Gasteiger partial charge in [-0.2, -0.15) is 0 Å². The minimum absolute atomic E-state index is 0.186. The Hall–Kier alpha value is -3.15. The van der Waals surface area contributed by atoms with Crippen LogP contribution in [0.3, 0.4) is 0 Å². The van der Waals surface area contributed by atoms with Crippen LogP contribution in [0.25, 0.3) is 5.52 Å². The summed E-state index contributed by atoms with van der Waals surface area (Å²) in [5.74, 6) is 0.0646. The SMILES string of the molecule is Cc1ccc(C)c(NC(=O)c2nc(C(=O)NCCC(C)C)c3ccccn23)c1. The highest BCUT2D eigenvalue weighted by Gasteiger charge is 2.21. The molecule has 3 aromatic rings. The van der Waals surface area contributed by atoms with Gasteiger partial charge in [0, 0.05) is 18.4 Å². The predicted molar refractivity (Wildman–Crippen MR) is 111 cm³/mol. The summed E-state index contributed by atoms with van der Waals surface area (Å²) in [5.41, 5.74) is 3.62. The molecule has 2 heterocycles. The third-order valence-corrected chi connectivity index (χ3v) is 4.62. The lowest BCUT2D eigenvalue weighted by Crippen LogP contribution is -2.26. The van der Waals surface area contributed by atoms with Crippen molar-refractivity contribution < 1.29 is 9.59 Å². The lowest BCUT2D eigenvalue weighted by Gasteiger charge is -2.08. The Morgan fingerprint density at radius 1 is 1.11 bits per heavy atom. The number of fused-ring (bicyclic) bond motifs is 1. The van der Waals surface area contributed by atoms with Gasteiger partial charge in [-0.3, -0.25) is 14.0 Å². The van der Waals surface area contributed by atoms with E-state index in [1.54, 1.807) is 16.7 Å². The maximum Gasteiger partial charge on any atom is 0.292 e. The monoisotopic (exact) mass is 378 g/mol. The molecule has 28 heavy (non-hydrogen) atoms. The van der Waals surface area contributed by atoms with E-state index >= 15 is 0 Å². The molecule has 6 heteroatoms. The molecule has 1 aromatic carbocycles. The first kappa shape index (κ1) is 19.6. The van der Waals surface area contributed by atoms with Crippen molar-refractivity contribution in [3.05, 3.63) is 65.2 Å². The van der Waals surface area contributed by atoms with Crippen molar-refractivity contribution in [1.29, 1.82) is 0 Å². The van der Waals surface area contributed by atoms with Gasteiger partial charge in [-0.05, 0) is 55.5 Å². The summed E-state index contributed by atoms with van der Waals surface area (Å²) < 4.78 is 1.65. The predicted octanol–water partition coefficient (Wildman–Crippen LogP) is 3.98. The Labute approximate surface area is 165 Å². The van der Waals surface area contributed by atoms with Gasteiger partial charge in [0.25, 0.3) is 11.8 Å². The molecular formula is C22H26N4O2. The Morgan fingerprint density at radius 2 is 1.89 bits per heavy atom. The second kappa shape index (κ2) is 8.25. The quantitative estimate of drug-likeness (QED) is 0.681. The van der Waals surface area contributed by atoms with E-state index < -0.39 is 0 Å². The number of carbonyl (C=O) groups is 2. The van der Waals surface area contributed by atoms with Gasteiger partial charge < -0.3 is 10.6 Å². The molecule has 0 saturated heterocycles. The molecule has 0 unspecified atom stereocenters. The molecule has 0 bridgehead atoms. The number of aryl methyl sites for hydroxylation is 2. The second-order valence-corrected chi connectivity index (χ2v) is 7.45. The minimum Gasteiger partial charge on any atom is -0.351 e. The van der Waals surface area contributed by atoms with Crippen molar-refractivity contribution >= 4 is 23.0 Å². The normalized spacial score (nSPS) is 11.0. The number of carbonyl (C=O) groups excluding carboxylic acids is 2. The number of nitrogens with one attached hydrogen (secondary N) is 2. The van der Waals surface area contributed by atoms with Crippen molar-refractivity contribution in [2.24, 2.45) is 5.92 Å². The Bertz CT molecular complexity index is 1020. The van der Waals surface area contributed by atoms with Crippen molar-refractivity contribution in [1.82, 2.24) is 14.7 Å². The highest BCUT2D eigenvalue weighted by molar-refractivity contribution is 6.06. The molecule has 2 amide bonds. The summed E-state index contributed by atoms with van der Waals surface area (Å²) in [4.78, 5) is 29.9. The number of anilines is 1. The average Bonchev–Trinajstić information content (AvgIpc) is 3.04. The smallest absolute Gasteiger partial charge is 0.292 e. The van der Waals surface area contributed by atoms with Crippen molar-refractivity contribution in [2.45, 2.75) is 34.1 Å². The maximum atomic E-state index is 12.9. The summed E-state index contributed by atoms with van der Waals surface area (Å²) in [5, 5.41) is 5.81. The lowest BCUT2D eigenvalue weighted by molar-refractivity contribution is 0.0949. The fourth-order valence-corrected chi connectivity index (χ4v) is 2.97. The molecule has 6 nitrogen and oxygen atoms in total. The molecule has 2 N–H and O–H groups in total. The summed E-state index contributed by atoms with van der Waals surface area (Å²) in [7, 11) is 0. The maximum absolute atomic E-state index is 12.9. The molecule has 0 atom stereocenters. The lowest BCUT2D eigenvalue weighted by atomic mass is 10.1. The van der Waals surface area contributed by atoms with Gasteiger partial charge in [0.15, 0.2) is 5.69 Å². The average molecular weight is 378 g/mol.